The van der Waals surface area contributed by atoms with E-state index in [9.17, 15) is 9.59 Å². The number of rotatable bonds is 6. The summed E-state index contributed by atoms with van der Waals surface area (Å²) >= 11 is 1.30. The van der Waals surface area contributed by atoms with Crippen LogP contribution >= 0.6 is 11.8 Å². The summed E-state index contributed by atoms with van der Waals surface area (Å²) < 4.78 is 3.16. The molecule has 2 aromatic heterocycles. The minimum Gasteiger partial charge on any atom is -0.325 e. The molecule has 1 N–H and O–H groups in total. The molecule has 0 saturated heterocycles. The van der Waals surface area contributed by atoms with Gasteiger partial charge < -0.3 is 5.32 Å². The highest BCUT2D eigenvalue weighted by Gasteiger charge is 2.22. The molecule has 0 radical (unpaired) electrons. The Kier molecular flexibility index (Phi) is 5.67. The predicted octanol–water partition coefficient (Wildman–Crippen LogP) is 3.70. The van der Waals surface area contributed by atoms with Gasteiger partial charge in [0.2, 0.25) is 11.6 Å². The molecule has 0 saturated carbocycles. The van der Waals surface area contributed by atoms with Crippen LogP contribution in [-0.2, 0) is 4.79 Å². The zero-order valence-corrected chi connectivity index (χ0v) is 17.5. The van der Waals surface area contributed by atoms with Crippen molar-refractivity contribution in [3.8, 4) is 5.69 Å². The molecule has 4 rings (SSSR count). The molecule has 0 bridgehead atoms. The molecule has 2 aromatic carbocycles. The van der Waals surface area contributed by atoms with E-state index >= 15 is 0 Å². The number of fused-ring (bicyclic) bond motifs is 1. The maximum absolute atomic E-state index is 12.9. The van der Waals surface area contributed by atoms with E-state index in [1.807, 2.05) is 68.4 Å². The third-order valence-corrected chi connectivity index (χ3v) is 6.11. The monoisotopic (exact) mass is 419 g/mol. The second-order valence-electron chi connectivity index (χ2n) is 6.80. The number of anilines is 1. The fourth-order valence-corrected chi connectivity index (χ4v) is 4.05. The van der Waals surface area contributed by atoms with Crippen LogP contribution in [-0.4, -0.2) is 30.3 Å². The number of nitrogens with one attached hydrogen (secondary N) is 1. The van der Waals surface area contributed by atoms with Crippen LogP contribution in [0.5, 0.6) is 0 Å². The first-order chi connectivity index (χ1) is 14.6. The predicted molar refractivity (Wildman–Crippen MR) is 118 cm³/mol. The zero-order valence-electron chi connectivity index (χ0n) is 16.6. The molecule has 2 heterocycles. The summed E-state index contributed by atoms with van der Waals surface area (Å²) in [5.74, 6) is -0.105. The van der Waals surface area contributed by atoms with Crippen LogP contribution in [0.3, 0.4) is 0 Å². The Hall–Kier alpha value is -3.39. The maximum atomic E-state index is 12.9. The molecule has 8 heteroatoms. The normalized spacial score (nSPS) is 12.1. The lowest BCUT2D eigenvalue weighted by Crippen LogP contribution is -2.25. The molecule has 1 atom stereocenters. The largest absolute Gasteiger partial charge is 0.325 e. The van der Waals surface area contributed by atoms with Crippen LogP contribution in [0.1, 0.15) is 18.9 Å². The van der Waals surface area contributed by atoms with Crippen LogP contribution < -0.4 is 10.9 Å². The van der Waals surface area contributed by atoms with Gasteiger partial charge in [0, 0.05) is 23.8 Å². The van der Waals surface area contributed by atoms with Gasteiger partial charge in [-0.3, -0.25) is 18.6 Å². The summed E-state index contributed by atoms with van der Waals surface area (Å²) in [6.45, 7) is 3.90. The SMILES string of the molecule is CC[C@@H](Sc1nnc2c(=O)n(-c3ccccc3)ccn12)C(=O)Nc1ccccc1C. The van der Waals surface area contributed by atoms with Gasteiger partial charge in [-0.2, -0.15) is 0 Å². The number of carbonyl (C=O) groups is 1. The fraction of sp³-hybridized carbons (Fsp3) is 0.182. The van der Waals surface area contributed by atoms with E-state index < -0.39 is 0 Å². The van der Waals surface area contributed by atoms with E-state index in [1.54, 1.807) is 16.8 Å². The Labute approximate surface area is 177 Å². The fourth-order valence-electron chi connectivity index (χ4n) is 3.11. The zero-order chi connectivity index (χ0) is 21.1. The minimum absolute atomic E-state index is 0.105. The van der Waals surface area contributed by atoms with Crippen molar-refractivity contribution >= 4 is 29.0 Å². The van der Waals surface area contributed by atoms with Crippen LogP contribution in [0, 0.1) is 6.92 Å². The molecule has 152 valence electrons. The quantitative estimate of drug-likeness (QED) is 0.482. The van der Waals surface area contributed by atoms with Crippen molar-refractivity contribution < 1.29 is 4.79 Å². The summed E-state index contributed by atoms with van der Waals surface area (Å²) in [7, 11) is 0. The average molecular weight is 420 g/mol. The third kappa shape index (κ3) is 3.86. The number of nitrogens with zero attached hydrogens (tertiary/aromatic N) is 4. The molecule has 0 aliphatic rings. The van der Waals surface area contributed by atoms with Gasteiger partial charge in [-0.05, 0) is 37.1 Å². The number of hydrogen-bond acceptors (Lipinski definition) is 5. The number of aromatic nitrogens is 4. The van der Waals surface area contributed by atoms with Gasteiger partial charge in [-0.25, -0.2) is 0 Å². The molecule has 30 heavy (non-hydrogen) atoms. The maximum Gasteiger partial charge on any atom is 0.300 e. The van der Waals surface area contributed by atoms with Gasteiger partial charge >= 0.3 is 5.56 Å². The Morgan fingerprint density at radius 1 is 1.07 bits per heavy atom. The van der Waals surface area contributed by atoms with Crippen LogP contribution in [0.4, 0.5) is 5.69 Å². The van der Waals surface area contributed by atoms with Gasteiger partial charge in [0.25, 0.3) is 0 Å². The van der Waals surface area contributed by atoms with Gasteiger partial charge in [0.15, 0.2) is 5.16 Å². The highest BCUT2D eigenvalue weighted by molar-refractivity contribution is 8.00. The Bertz CT molecular complexity index is 1250. The van der Waals surface area contributed by atoms with Crippen molar-refractivity contribution in [2.24, 2.45) is 0 Å². The number of thioether (sulfide) groups is 1. The number of carbonyl (C=O) groups excluding carboxylic acids is 1. The standard InChI is InChI=1S/C22H21N5O2S/c1-3-18(20(28)23-17-12-8-7-9-15(17)2)30-22-25-24-19-21(29)26(13-14-27(19)22)16-10-5-4-6-11-16/h4-14,18H,3H2,1-2H3,(H,23,28)/t18-/m1/s1. The number of hydrogen-bond donors (Lipinski definition) is 1. The highest BCUT2D eigenvalue weighted by atomic mass is 32.2. The van der Waals surface area contributed by atoms with Crippen LogP contribution in [0.15, 0.2) is 76.9 Å². The van der Waals surface area contributed by atoms with Gasteiger partial charge in [0.1, 0.15) is 0 Å². The van der Waals surface area contributed by atoms with Gasteiger partial charge in [0.05, 0.1) is 5.25 Å². The summed E-state index contributed by atoms with van der Waals surface area (Å²) in [5, 5.41) is 11.4. The lowest BCUT2D eigenvalue weighted by Gasteiger charge is -2.15. The first-order valence-corrected chi connectivity index (χ1v) is 10.5. The van der Waals surface area contributed by atoms with E-state index in [0.717, 1.165) is 16.9 Å². The Balaban J connectivity index is 1.60. The number of para-hydroxylation sites is 2. The van der Waals surface area contributed by atoms with Crippen LogP contribution in [0.2, 0.25) is 0 Å². The van der Waals surface area contributed by atoms with E-state index in [4.69, 9.17) is 0 Å². The summed E-state index contributed by atoms with van der Waals surface area (Å²) in [6, 6.07) is 17.0. The lowest BCUT2D eigenvalue weighted by atomic mass is 10.2. The Morgan fingerprint density at radius 2 is 1.80 bits per heavy atom. The third-order valence-electron chi connectivity index (χ3n) is 4.79. The molecular weight excluding hydrogens is 398 g/mol. The molecule has 0 aliphatic carbocycles. The Morgan fingerprint density at radius 3 is 2.53 bits per heavy atom. The number of amides is 1. The summed E-state index contributed by atoms with van der Waals surface area (Å²) in [6.07, 6.45) is 4.04. The van der Waals surface area contributed by atoms with Crippen molar-refractivity contribution in [1.29, 1.82) is 0 Å². The van der Waals surface area contributed by atoms with Crippen molar-refractivity contribution in [3.63, 3.8) is 0 Å². The summed E-state index contributed by atoms with van der Waals surface area (Å²) in [5.41, 5.74) is 2.50. The van der Waals surface area contributed by atoms with E-state index in [2.05, 4.69) is 15.5 Å². The van der Waals surface area contributed by atoms with Crippen molar-refractivity contribution in [2.45, 2.75) is 30.7 Å². The second kappa shape index (κ2) is 8.54. The van der Waals surface area contributed by atoms with Crippen molar-refractivity contribution in [2.75, 3.05) is 5.32 Å². The van der Waals surface area contributed by atoms with E-state index in [-0.39, 0.29) is 22.4 Å². The van der Waals surface area contributed by atoms with Crippen molar-refractivity contribution in [1.82, 2.24) is 19.2 Å². The molecule has 1 amide bonds. The van der Waals surface area contributed by atoms with E-state index in [0.29, 0.717) is 11.6 Å². The molecule has 4 aromatic rings. The molecule has 0 spiro atoms. The van der Waals surface area contributed by atoms with Gasteiger partial charge in [-0.15, -0.1) is 10.2 Å². The first-order valence-electron chi connectivity index (χ1n) is 9.63. The molecule has 0 fully saturated rings. The lowest BCUT2D eigenvalue weighted by molar-refractivity contribution is -0.115. The summed E-state index contributed by atoms with van der Waals surface area (Å²) in [4.78, 5) is 25.7. The average Bonchev–Trinajstić information content (AvgIpc) is 3.18. The van der Waals surface area contributed by atoms with Gasteiger partial charge in [-0.1, -0.05) is 55.1 Å². The minimum atomic E-state index is -0.367. The second-order valence-corrected chi connectivity index (χ2v) is 7.97. The van der Waals surface area contributed by atoms with Crippen molar-refractivity contribution in [3.05, 3.63) is 82.9 Å². The molecule has 7 nitrogen and oxygen atoms in total. The number of benzene rings is 2. The first kappa shape index (κ1) is 19.9. The molecular formula is C22H21N5O2S. The smallest absolute Gasteiger partial charge is 0.300 e. The number of aryl methyl sites for hydroxylation is 1. The topological polar surface area (TPSA) is 81.3 Å². The van der Waals surface area contributed by atoms with Crippen LogP contribution in [0.25, 0.3) is 11.3 Å². The highest BCUT2D eigenvalue weighted by Crippen LogP contribution is 2.25. The molecule has 0 aliphatic heterocycles. The van der Waals surface area contributed by atoms with E-state index in [1.165, 1.54) is 16.3 Å². The molecule has 0 unspecified atom stereocenters.